The van der Waals surface area contributed by atoms with Gasteiger partial charge in [-0.1, -0.05) is 0 Å². The van der Waals surface area contributed by atoms with Crippen molar-refractivity contribution in [1.82, 2.24) is 9.80 Å². The summed E-state index contributed by atoms with van der Waals surface area (Å²) in [5.74, 6) is -0.251. The van der Waals surface area contributed by atoms with Gasteiger partial charge in [0.1, 0.15) is 11.4 Å². The van der Waals surface area contributed by atoms with Crippen LogP contribution in [0.3, 0.4) is 0 Å². The topological polar surface area (TPSA) is 62.0 Å². The highest BCUT2D eigenvalue weighted by molar-refractivity contribution is 5.68. The first kappa shape index (κ1) is 19.7. The van der Waals surface area contributed by atoms with E-state index in [2.05, 4.69) is 9.80 Å². The third-order valence-electron chi connectivity index (χ3n) is 5.26. The van der Waals surface area contributed by atoms with E-state index in [9.17, 15) is 9.18 Å². The summed E-state index contributed by atoms with van der Waals surface area (Å²) < 4.78 is 19.6. The maximum absolute atomic E-state index is 14.1. The van der Waals surface area contributed by atoms with E-state index in [0.717, 1.165) is 39.0 Å². The number of nitrogens with two attached hydrogens (primary N) is 1. The number of hydrogen-bond acceptors (Lipinski definition) is 5. The highest BCUT2D eigenvalue weighted by Crippen LogP contribution is 2.27. The zero-order valence-electron chi connectivity index (χ0n) is 16.6. The second-order valence-corrected chi connectivity index (χ2v) is 8.43. The van der Waals surface area contributed by atoms with E-state index in [1.165, 1.54) is 6.07 Å². The van der Waals surface area contributed by atoms with Gasteiger partial charge in [-0.2, -0.15) is 0 Å². The molecule has 2 saturated heterocycles. The molecule has 3 rings (SSSR count). The average Bonchev–Trinajstić information content (AvgIpc) is 2.61. The van der Waals surface area contributed by atoms with Gasteiger partial charge < -0.3 is 20.3 Å². The lowest BCUT2D eigenvalue weighted by Crippen LogP contribution is -2.55. The highest BCUT2D eigenvalue weighted by Gasteiger charge is 2.31. The molecule has 2 N–H and O–H groups in total. The van der Waals surface area contributed by atoms with Crippen molar-refractivity contribution in [3.05, 3.63) is 24.0 Å². The summed E-state index contributed by atoms with van der Waals surface area (Å²) in [5.41, 5.74) is 6.27. The largest absolute Gasteiger partial charge is 0.444 e. The minimum atomic E-state index is -0.460. The number of nitrogen functional groups attached to an aromatic ring is 1. The molecule has 1 aromatic rings. The van der Waals surface area contributed by atoms with Crippen molar-refractivity contribution in [2.45, 2.75) is 45.3 Å². The van der Waals surface area contributed by atoms with Gasteiger partial charge in [-0.05, 0) is 51.8 Å². The predicted molar refractivity (Wildman–Crippen MR) is 105 cm³/mol. The van der Waals surface area contributed by atoms with E-state index in [-0.39, 0.29) is 11.9 Å². The van der Waals surface area contributed by atoms with Crippen LogP contribution in [0.15, 0.2) is 18.2 Å². The Labute approximate surface area is 161 Å². The van der Waals surface area contributed by atoms with Crippen LogP contribution in [0, 0.1) is 5.82 Å². The zero-order valence-corrected chi connectivity index (χ0v) is 16.6. The van der Waals surface area contributed by atoms with Crippen LogP contribution in [-0.2, 0) is 4.74 Å². The summed E-state index contributed by atoms with van der Waals surface area (Å²) in [7, 11) is 0. The van der Waals surface area contributed by atoms with Gasteiger partial charge in [0.15, 0.2) is 0 Å². The lowest BCUT2D eigenvalue weighted by molar-refractivity contribution is 0.00902. The Morgan fingerprint density at radius 3 is 2.30 bits per heavy atom. The van der Waals surface area contributed by atoms with Gasteiger partial charge in [-0.25, -0.2) is 9.18 Å². The van der Waals surface area contributed by atoms with E-state index in [4.69, 9.17) is 10.5 Å². The Morgan fingerprint density at radius 1 is 1.11 bits per heavy atom. The number of halogens is 1. The molecule has 2 aliphatic heterocycles. The Hall–Kier alpha value is -2.02. The SMILES string of the molecule is CC(C)(C)OC(=O)N1CCN(C2CCN(c3ccc(N)cc3F)CC2)CC1. The number of piperazine rings is 1. The van der Waals surface area contributed by atoms with Crippen LogP contribution in [0.1, 0.15) is 33.6 Å². The maximum atomic E-state index is 14.1. The van der Waals surface area contributed by atoms with E-state index in [0.29, 0.717) is 30.5 Å². The third-order valence-corrected chi connectivity index (χ3v) is 5.26. The number of carbonyl (C=O) groups is 1. The van der Waals surface area contributed by atoms with Crippen LogP contribution in [0.4, 0.5) is 20.6 Å². The number of amides is 1. The van der Waals surface area contributed by atoms with E-state index in [1.54, 1.807) is 17.0 Å². The van der Waals surface area contributed by atoms with Crippen molar-refractivity contribution in [3.63, 3.8) is 0 Å². The first-order chi connectivity index (χ1) is 12.7. The Bertz CT molecular complexity index is 660. The van der Waals surface area contributed by atoms with E-state index < -0.39 is 5.60 Å². The molecule has 2 aliphatic rings. The molecule has 0 bridgehead atoms. The summed E-state index contributed by atoms with van der Waals surface area (Å²) >= 11 is 0. The number of nitrogens with zero attached hydrogens (tertiary/aromatic N) is 3. The van der Waals surface area contributed by atoms with Crippen LogP contribution in [-0.4, -0.2) is 66.8 Å². The monoisotopic (exact) mass is 378 g/mol. The number of benzene rings is 1. The lowest BCUT2D eigenvalue weighted by Gasteiger charge is -2.43. The minimum Gasteiger partial charge on any atom is -0.444 e. The minimum absolute atomic E-state index is 0.226. The molecular formula is C20H31FN4O2. The molecule has 0 unspecified atom stereocenters. The van der Waals surface area contributed by atoms with Crippen LogP contribution >= 0.6 is 0 Å². The Morgan fingerprint density at radius 2 is 1.74 bits per heavy atom. The number of ether oxygens (including phenoxy) is 1. The van der Waals surface area contributed by atoms with Crippen molar-refractivity contribution in [2.75, 3.05) is 49.9 Å². The van der Waals surface area contributed by atoms with E-state index in [1.807, 2.05) is 20.8 Å². The van der Waals surface area contributed by atoms with Crippen LogP contribution in [0.25, 0.3) is 0 Å². The summed E-state index contributed by atoms with van der Waals surface area (Å²) in [6.45, 7) is 10.4. The molecule has 0 spiro atoms. The van der Waals surface area contributed by atoms with Gasteiger partial charge in [0.2, 0.25) is 0 Å². The van der Waals surface area contributed by atoms with Gasteiger partial charge in [0.05, 0.1) is 5.69 Å². The van der Waals surface area contributed by atoms with Crippen LogP contribution < -0.4 is 10.6 Å². The van der Waals surface area contributed by atoms with Crippen LogP contribution in [0.2, 0.25) is 0 Å². The van der Waals surface area contributed by atoms with Gasteiger partial charge in [-0.3, -0.25) is 4.90 Å². The molecule has 150 valence electrons. The molecular weight excluding hydrogens is 347 g/mol. The molecule has 1 amide bonds. The first-order valence-electron chi connectivity index (χ1n) is 9.75. The normalized spacial score (nSPS) is 20.0. The number of hydrogen-bond donors (Lipinski definition) is 1. The van der Waals surface area contributed by atoms with Crippen molar-refractivity contribution >= 4 is 17.5 Å². The summed E-state index contributed by atoms with van der Waals surface area (Å²) in [4.78, 5) is 18.5. The zero-order chi connectivity index (χ0) is 19.6. The number of anilines is 2. The molecule has 2 heterocycles. The van der Waals surface area contributed by atoms with Crippen molar-refractivity contribution in [1.29, 1.82) is 0 Å². The maximum Gasteiger partial charge on any atom is 0.410 e. The fraction of sp³-hybridized carbons (Fsp3) is 0.650. The van der Waals surface area contributed by atoms with Crippen LogP contribution in [0.5, 0.6) is 0 Å². The molecule has 0 radical (unpaired) electrons. The standard InChI is InChI=1S/C20H31FN4O2/c1-20(2,3)27-19(26)25-12-10-23(11-13-25)16-6-8-24(9-7-16)18-5-4-15(22)14-17(18)21/h4-5,14,16H,6-13,22H2,1-3H3. The van der Waals surface area contributed by atoms with Gasteiger partial charge in [0, 0.05) is 51.0 Å². The van der Waals surface area contributed by atoms with Crippen molar-refractivity contribution in [2.24, 2.45) is 0 Å². The molecule has 0 atom stereocenters. The average molecular weight is 378 g/mol. The lowest BCUT2D eigenvalue weighted by atomic mass is 10.0. The molecule has 1 aromatic carbocycles. The van der Waals surface area contributed by atoms with Crippen molar-refractivity contribution < 1.29 is 13.9 Å². The number of carbonyl (C=O) groups excluding carboxylic acids is 1. The predicted octanol–water partition coefficient (Wildman–Crippen LogP) is 2.93. The summed E-state index contributed by atoms with van der Waals surface area (Å²) in [6, 6.07) is 5.39. The number of piperidine rings is 1. The van der Waals surface area contributed by atoms with Crippen molar-refractivity contribution in [3.8, 4) is 0 Å². The Balaban J connectivity index is 1.48. The Kier molecular flexibility index (Phi) is 5.79. The molecule has 27 heavy (non-hydrogen) atoms. The molecule has 0 aliphatic carbocycles. The summed E-state index contributed by atoms with van der Waals surface area (Å²) in [6.07, 6.45) is 1.77. The molecule has 6 nitrogen and oxygen atoms in total. The molecule has 2 fully saturated rings. The fourth-order valence-corrected chi connectivity index (χ4v) is 3.85. The summed E-state index contributed by atoms with van der Waals surface area (Å²) in [5, 5.41) is 0. The fourth-order valence-electron chi connectivity index (χ4n) is 3.85. The highest BCUT2D eigenvalue weighted by atomic mass is 19.1. The third kappa shape index (κ3) is 5.03. The second kappa shape index (κ2) is 7.92. The van der Waals surface area contributed by atoms with Gasteiger partial charge in [0.25, 0.3) is 0 Å². The molecule has 0 aromatic heterocycles. The van der Waals surface area contributed by atoms with Gasteiger partial charge >= 0.3 is 6.09 Å². The smallest absolute Gasteiger partial charge is 0.410 e. The second-order valence-electron chi connectivity index (χ2n) is 8.43. The number of rotatable bonds is 2. The molecule has 0 saturated carbocycles. The van der Waals surface area contributed by atoms with E-state index >= 15 is 0 Å². The van der Waals surface area contributed by atoms with Gasteiger partial charge in [-0.15, -0.1) is 0 Å². The molecule has 7 heteroatoms. The quantitative estimate of drug-likeness (QED) is 0.802. The first-order valence-corrected chi connectivity index (χ1v) is 9.75.